The molecule has 0 radical (unpaired) electrons. The van der Waals surface area contributed by atoms with Crippen LogP contribution >= 0.6 is 11.8 Å². The van der Waals surface area contributed by atoms with E-state index in [-0.39, 0.29) is 0 Å². The lowest BCUT2D eigenvalue weighted by Gasteiger charge is -1.76. The Bertz CT molecular complexity index is 121. The first kappa shape index (κ1) is 3.65. The maximum atomic E-state index is 3.50. The topological polar surface area (TPSA) is 24.7 Å². The van der Waals surface area contributed by atoms with Crippen molar-refractivity contribution in [2.45, 2.75) is 0 Å². The monoisotopic (exact) mass is 98.0 g/mol. The van der Waals surface area contributed by atoms with Crippen LogP contribution in [-0.4, -0.2) is 11.4 Å². The fraction of sp³-hybridized carbons (Fsp3) is 0. The summed E-state index contributed by atoms with van der Waals surface area (Å²) in [7, 11) is 0. The summed E-state index contributed by atoms with van der Waals surface area (Å²) in [5.41, 5.74) is 1.65. The quantitative estimate of drug-likeness (QED) is 0.441. The van der Waals surface area contributed by atoms with Gasteiger partial charge in [0.25, 0.3) is 0 Å². The molecule has 0 saturated heterocycles. The molecule has 0 atom stereocenters. The fourth-order valence-corrected chi connectivity index (χ4v) is 0.439. The van der Waals surface area contributed by atoms with E-state index < -0.39 is 0 Å². The van der Waals surface area contributed by atoms with E-state index in [9.17, 15) is 0 Å². The Morgan fingerprint density at radius 3 is 2.83 bits per heavy atom. The molecular weight excluding hydrogens is 96.1 g/mol. The van der Waals surface area contributed by atoms with E-state index >= 15 is 0 Å². The van der Waals surface area contributed by atoms with Crippen molar-refractivity contribution in [1.82, 2.24) is 0 Å². The van der Waals surface area contributed by atoms with E-state index in [1.54, 1.807) is 11.0 Å². The summed E-state index contributed by atoms with van der Waals surface area (Å²) in [5.74, 6) is 2.55. The normalized spacial score (nSPS) is 16.0. The number of hydrogen-bond acceptors (Lipinski definition) is 3. The van der Waals surface area contributed by atoms with E-state index in [0.29, 0.717) is 0 Å². The highest BCUT2D eigenvalue weighted by Crippen LogP contribution is 1.95. The van der Waals surface area contributed by atoms with Crippen LogP contribution in [0.25, 0.3) is 0 Å². The molecule has 0 aromatic carbocycles. The molecule has 0 aromatic rings. The van der Waals surface area contributed by atoms with E-state index in [1.165, 1.54) is 11.8 Å². The molecule has 2 nitrogen and oxygen atoms in total. The molecule has 0 saturated carbocycles. The van der Waals surface area contributed by atoms with Gasteiger partial charge in [0.15, 0.2) is 0 Å². The summed E-state index contributed by atoms with van der Waals surface area (Å²) < 4.78 is 0. The second-order valence-electron chi connectivity index (χ2n) is 0.704. The molecule has 1 rings (SSSR count). The first-order valence-corrected chi connectivity index (χ1v) is 2.38. The molecule has 0 aromatic heterocycles. The van der Waals surface area contributed by atoms with Gasteiger partial charge in [-0.1, -0.05) is 11.8 Å². The molecular formula is C3H2N2S. The molecule has 1 heterocycles. The Balaban J connectivity index is 2.78. The van der Waals surface area contributed by atoms with Crippen LogP contribution in [-0.2, 0) is 0 Å². The Morgan fingerprint density at radius 2 is 2.67 bits per heavy atom. The Morgan fingerprint density at radius 1 is 1.67 bits per heavy atom. The van der Waals surface area contributed by atoms with Crippen molar-refractivity contribution < 1.29 is 0 Å². The summed E-state index contributed by atoms with van der Waals surface area (Å²) in [5, 5.41) is 8.66. The van der Waals surface area contributed by atoms with Gasteiger partial charge in [0.1, 0.15) is 0 Å². The lowest BCUT2D eigenvalue weighted by atomic mass is 11.2. The SMILES string of the molecule is C1=CSC=NN=1. The van der Waals surface area contributed by atoms with Crippen molar-refractivity contribution in [3.63, 3.8) is 0 Å². The molecule has 0 unspecified atom stereocenters. The largest absolute Gasteiger partial charge is 0.143 e. The smallest absolute Gasteiger partial charge is 0.0881 e. The van der Waals surface area contributed by atoms with Gasteiger partial charge < -0.3 is 0 Å². The molecule has 0 fully saturated rings. The Hall–Kier alpha value is -0.530. The van der Waals surface area contributed by atoms with E-state index in [4.69, 9.17) is 0 Å². The average molecular weight is 98.1 g/mol. The van der Waals surface area contributed by atoms with Crippen LogP contribution in [0.4, 0.5) is 0 Å². The third kappa shape index (κ3) is 0.708. The Labute approximate surface area is 39.7 Å². The maximum absolute atomic E-state index is 3.50. The number of thioether (sulfide) groups is 1. The zero-order chi connectivity index (χ0) is 4.24. The van der Waals surface area contributed by atoms with Crippen molar-refractivity contribution >= 4 is 23.2 Å². The molecule has 1 aliphatic heterocycles. The molecule has 0 aliphatic carbocycles. The van der Waals surface area contributed by atoms with Crippen molar-refractivity contribution in [3.8, 4) is 0 Å². The predicted molar refractivity (Wildman–Crippen MR) is 28.1 cm³/mol. The minimum Gasteiger partial charge on any atom is -0.143 e. The highest BCUT2D eigenvalue weighted by atomic mass is 32.2. The van der Waals surface area contributed by atoms with Crippen molar-refractivity contribution in [1.29, 1.82) is 0 Å². The third-order valence-corrected chi connectivity index (χ3v) is 0.802. The van der Waals surface area contributed by atoms with Crippen molar-refractivity contribution in [2.24, 2.45) is 10.2 Å². The lowest BCUT2D eigenvalue weighted by Crippen LogP contribution is -1.62. The van der Waals surface area contributed by atoms with Gasteiger partial charge in [-0.05, 0) is 0 Å². The van der Waals surface area contributed by atoms with Gasteiger partial charge in [-0.15, -0.1) is 10.2 Å². The minimum atomic E-state index is 1.47. The summed E-state index contributed by atoms with van der Waals surface area (Å²) in [4.78, 5) is 0. The van der Waals surface area contributed by atoms with E-state index in [2.05, 4.69) is 16.1 Å². The molecule has 0 spiro atoms. The zero-order valence-electron chi connectivity index (χ0n) is 2.96. The fourth-order valence-electron chi connectivity index (χ4n) is 0.169. The molecule has 0 amide bonds. The Kier molecular flexibility index (Phi) is 1.10. The number of hydrogen-bond donors (Lipinski definition) is 0. The van der Waals surface area contributed by atoms with Crippen LogP contribution in [0.2, 0.25) is 0 Å². The molecule has 6 heavy (non-hydrogen) atoms. The van der Waals surface area contributed by atoms with Crippen LogP contribution in [0.15, 0.2) is 15.6 Å². The highest BCUT2D eigenvalue weighted by molar-refractivity contribution is 8.14. The highest BCUT2D eigenvalue weighted by Gasteiger charge is 1.71. The number of nitrogens with zero attached hydrogens (tertiary/aromatic N) is 2. The number of rotatable bonds is 0. The average Bonchev–Trinajstić information content (AvgIpc) is 1.72. The van der Waals surface area contributed by atoms with Gasteiger partial charge in [-0.2, -0.15) is 0 Å². The standard InChI is InChI=1S/C3H2N2S/c1-2-6-3-5-4-1/h2-3H. The first-order valence-electron chi connectivity index (χ1n) is 1.44. The molecule has 1 aliphatic rings. The van der Waals surface area contributed by atoms with Crippen molar-refractivity contribution in [2.75, 3.05) is 0 Å². The second kappa shape index (κ2) is 1.80. The van der Waals surface area contributed by atoms with Gasteiger partial charge in [0, 0.05) is 11.3 Å². The minimum absolute atomic E-state index is 1.47. The molecule has 30 valence electrons. The molecule has 0 N–H and O–H groups in total. The van der Waals surface area contributed by atoms with Gasteiger partial charge in [-0.25, -0.2) is 0 Å². The van der Waals surface area contributed by atoms with Crippen LogP contribution in [0, 0.1) is 0 Å². The predicted octanol–water partition coefficient (Wildman–Crippen LogP) is 0.860. The zero-order valence-corrected chi connectivity index (χ0v) is 3.77. The van der Waals surface area contributed by atoms with Gasteiger partial charge in [0.05, 0.1) is 5.55 Å². The van der Waals surface area contributed by atoms with Gasteiger partial charge in [-0.3, -0.25) is 0 Å². The van der Waals surface area contributed by atoms with Gasteiger partial charge in [0.2, 0.25) is 0 Å². The second-order valence-corrected chi connectivity index (χ2v) is 1.42. The van der Waals surface area contributed by atoms with E-state index in [1.807, 2.05) is 0 Å². The molecule has 3 heteroatoms. The van der Waals surface area contributed by atoms with E-state index in [0.717, 1.165) is 0 Å². The summed E-state index contributed by atoms with van der Waals surface area (Å²) in [6, 6.07) is 0. The van der Waals surface area contributed by atoms with Crippen LogP contribution in [0.1, 0.15) is 0 Å². The first-order chi connectivity index (χ1) is 3.00. The van der Waals surface area contributed by atoms with Crippen LogP contribution in [0.3, 0.4) is 0 Å². The van der Waals surface area contributed by atoms with Crippen LogP contribution in [0.5, 0.6) is 0 Å². The summed E-state index contributed by atoms with van der Waals surface area (Å²) >= 11 is 1.47. The van der Waals surface area contributed by atoms with Crippen molar-refractivity contribution in [3.05, 3.63) is 5.41 Å². The lowest BCUT2D eigenvalue weighted by molar-refractivity contribution is 1.28. The molecule has 0 bridgehead atoms. The van der Waals surface area contributed by atoms with Gasteiger partial charge >= 0.3 is 0 Å². The summed E-state index contributed by atoms with van der Waals surface area (Å²) in [6.45, 7) is 0. The third-order valence-electron chi connectivity index (χ3n) is 0.344. The maximum Gasteiger partial charge on any atom is 0.0881 e. The summed E-state index contributed by atoms with van der Waals surface area (Å²) in [6.07, 6.45) is 0. The van der Waals surface area contributed by atoms with Crippen LogP contribution < -0.4 is 0 Å².